The molecule has 1 N–H and O–H groups in total. The summed E-state index contributed by atoms with van der Waals surface area (Å²) in [6, 6.07) is 3.70. The molecule has 1 unspecified atom stereocenters. The number of aliphatic hydroxyl groups is 1. The molecule has 4 nitrogen and oxygen atoms in total. The summed E-state index contributed by atoms with van der Waals surface area (Å²) in [6.07, 6.45) is 2.80. The third-order valence-electron chi connectivity index (χ3n) is 3.25. The van der Waals surface area contributed by atoms with Crippen molar-refractivity contribution in [2.24, 2.45) is 0 Å². The smallest absolute Gasteiger partial charge is 0.175 e. The van der Waals surface area contributed by atoms with Gasteiger partial charge in [-0.15, -0.1) is 0 Å². The molecule has 3 rings (SSSR count). The number of ether oxygens (including phenoxy) is 3. The Kier molecular flexibility index (Phi) is 3.66. The van der Waals surface area contributed by atoms with E-state index in [1.165, 1.54) is 0 Å². The quantitative estimate of drug-likeness (QED) is 0.907. The van der Waals surface area contributed by atoms with Gasteiger partial charge in [0, 0.05) is 0 Å². The number of benzene rings is 1. The highest BCUT2D eigenvalue weighted by molar-refractivity contribution is 9.10. The normalized spacial score (nSPS) is 19.4. The largest absolute Gasteiger partial charge is 0.501 e. The van der Waals surface area contributed by atoms with E-state index in [1.54, 1.807) is 6.26 Å². The van der Waals surface area contributed by atoms with E-state index in [-0.39, 0.29) is 0 Å². The van der Waals surface area contributed by atoms with Crippen LogP contribution >= 0.6 is 15.9 Å². The van der Waals surface area contributed by atoms with Gasteiger partial charge in [-0.2, -0.15) is 0 Å². The van der Waals surface area contributed by atoms with E-state index in [1.807, 2.05) is 12.1 Å². The number of halogens is 1. The second-order valence-electron chi connectivity index (χ2n) is 4.60. The highest BCUT2D eigenvalue weighted by Gasteiger charge is 2.22. The van der Waals surface area contributed by atoms with Crippen LogP contribution < -0.4 is 9.47 Å². The Morgan fingerprint density at radius 2 is 2.00 bits per heavy atom. The van der Waals surface area contributed by atoms with Gasteiger partial charge in [0.05, 0.1) is 17.3 Å². The van der Waals surface area contributed by atoms with Gasteiger partial charge in [-0.25, -0.2) is 0 Å². The Morgan fingerprint density at radius 1 is 1.16 bits per heavy atom. The molecule has 0 fully saturated rings. The number of aliphatic hydroxyl groups excluding tert-OH is 1. The Hall–Kier alpha value is -1.20. The van der Waals surface area contributed by atoms with Crippen LogP contribution in [0.5, 0.6) is 11.5 Å². The molecule has 0 saturated heterocycles. The second kappa shape index (κ2) is 5.43. The van der Waals surface area contributed by atoms with Gasteiger partial charge in [0.15, 0.2) is 11.5 Å². The van der Waals surface area contributed by atoms with E-state index in [0.717, 1.165) is 35.1 Å². The third kappa shape index (κ3) is 2.58. The van der Waals surface area contributed by atoms with Crippen molar-refractivity contribution in [1.29, 1.82) is 0 Å². The molecule has 2 heterocycles. The molecular weight excluding hydrogens is 312 g/mol. The molecule has 0 radical (unpaired) electrons. The Morgan fingerprint density at radius 3 is 2.79 bits per heavy atom. The first-order valence-electron chi connectivity index (χ1n) is 6.33. The van der Waals surface area contributed by atoms with E-state index in [2.05, 4.69) is 15.9 Å². The molecule has 2 aliphatic heterocycles. The van der Waals surface area contributed by atoms with Gasteiger partial charge < -0.3 is 19.3 Å². The van der Waals surface area contributed by atoms with Gasteiger partial charge in [0.1, 0.15) is 19.3 Å². The van der Waals surface area contributed by atoms with E-state index in [9.17, 15) is 5.11 Å². The van der Waals surface area contributed by atoms with Crippen LogP contribution in [0.25, 0.3) is 0 Å². The zero-order valence-electron chi connectivity index (χ0n) is 10.4. The summed E-state index contributed by atoms with van der Waals surface area (Å²) in [7, 11) is 0. The molecule has 0 saturated carbocycles. The van der Waals surface area contributed by atoms with Gasteiger partial charge in [-0.05, 0) is 52.0 Å². The lowest BCUT2D eigenvalue weighted by atomic mass is 9.97. The molecule has 2 aliphatic rings. The van der Waals surface area contributed by atoms with Crippen LogP contribution in [0.3, 0.4) is 0 Å². The van der Waals surface area contributed by atoms with E-state index in [0.29, 0.717) is 24.7 Å². The van der Waals surface area contributed by atoms with Gasteiger partial charge in [-0.1, -0.05) is 0 Å². The van der Waals surface area contributed by atoms with Crippen molar-refractivity contribution in [3.8, 4) is 11.5 Å². The third-order valence-corrected chi connectivity index (χ3v) is 3.84. The molecular formula is C14H15BrO4. The topological polar surface area (TPSA) is 47.9 Å². The summed E-state index contributed by atoms with van der Waals surface area (Å²) < 4.78 is 17.2. The van der Waals surface area contributed by atoms with Crippen LogP contribution in [0, 0.1) is 0 Å². The molecule has 0 aliphatic carbocycles. The molecule has 1 atom stereocenters. The molecule has 0 amide bonds. The maximum absolute atomic E-state index is 10.4. The van der Waals surface area contributed by atoms with Gasteiger partial charge in [0.25, 0.3) is 0 Å². The minimum absolute atomic E-state index is 0.533. The fraction of sp³-hybridized carbons (Fsp3) is 0.429. The number of fused-ring (bicyclic) bond motifs is 1. The molecule has 0 aromatic heterocycles. The van der Waals surface area contributed by atoms with Crippen molar-refractivity contribution >= 4 is 15.9 Å². The lowest BCUT2D eigenvalue weighted by Gasteiger charge is -2.23. The van der Waals surface area contributed by atoms with Gasteiger partial charge in [-0.3, -0.25) is 0 Å². The van der Waals surface area contributed by atoms with Crippen molar-refractivity contribution in [3.63, 3.8) is 0 Å². The van der Waals surface area contributed by atoms with Crippen LogP contribution in [0.15, 0.2) is 28.4 Å². The van der Waals surface area contributed by atoms with Crippen molar-refractivity contribution in [3.05, 3.63) is 34.0 Å². The standard InChI is InChI=1S/C14H15BrO4/c15-11-6-10(7-12-14(11)19-5-4-18-12)13(16)9-2-1-3-17-8-9/h6-8,13,16H,1-5H2. The molecule has 102 valence electrons. The van der Waals surface area contributed by atoms with Gasteiger partial charge in [0.2, 0.25) is 0 Å². The SMILES string of the molecule is OC(C1=COCCC1)c1cc(Br)c2c(c1)OCCO2. The first-order chi connectivity index (χ1) is 9.25. The number of hydrogen-bond acceptors (Lipinski definition) is 4. The summed E-state index contributed by atoms with van der Waals surface area (Å²) in [5, 5.41) is 10.4. The summed E-state index contributed by atoms with van der Waals surface area (Å²) in [5.41, 5.74) is 1.68. The van der Waals surface area contributed by atoms with E-state index in [4.69, 9.17) is 14.2 Å². The van der Waals surface area contributed by atoms with Crippen LogP contribution in [0.1, 0.15) is 24.5 Å². The highest BCUT2D eigenvalue weighted by atomic mass is 79.9. The Labute approximate surface area is 120 Å². The minimum Gasteiger partial charge on any atom is -0.501 e. The van der Waals surface area contributed by atoms with Crippen molar-refractivity contribution in [1.82, 2.24) is 0 Å². The molecule has 5 heteroatoms. The maximum atomic E-state index is 10.4. The Bertz CT molecular complexity index is 512. The van der Waals surface area contributed by atoms with Crippen molar-refractivity contribution < 1.29 is 19.3 Å². The minimum atomic E-state index is -0.660. The van der Waals surface area contributed by atoms with Crippen LogP contribution in [0.4, 0.5) is 0 Å². The first-order valence-corrected chi connectivity index (χ1v) is 7.12. The summed E-state index contributed by atoms with van der Waals surface area (Å²) in [5.74, 6) is 1.38. The number of rotatable bonds is 2. The summed E-state index contributed by atoms with van der Waals surface area (Å²) >= 11 is 3.46. The van der Waals surface area contributed by atoms with E-state index < -0.39 is 6.10 Å². The van der Waals surface area contributed by atoms with Crippen LogP contribution in [-0.4, -0.2) is 24.9 Å². The van der Waals surface area contributed by atoms with Crippen LogP contribution in [0.2, 0.25) is 0 Å². The van der Waals surface area contributed by atoms with E-state index >= 15 is 0 Å². The van der Waals surface area contributed by atoms with Crippen molar-refractivity contribution in [2.75, 3.05) is 19.8 Å². The maximum Gasteiger partial charge on any atom is 0.175 e. The summed E-state index contributed by atoms with van der Waals surface area (Å²) in [6.45, 7) is 1.80. The number of hydrogen-bond donors (Lipinski definition) is 1. The summed E-state index contributed by atoms with van der Waals surface area (Å²) in [4.78, 5) is 0. The lowest BCUT2D eigenvalue weighted by molar-refractivity contribution is 0.162. The second-order valence-corrected chi connectivity index (χ2v) is 5.45. The zero-order chi connectivity index (χ0) is 13.2. The molecule has 19 heavy (non-hydrogen) atoms. The fourth-order valence-electron chi connectivity index (χ4n) is 2.29. The monoisotopic (exact) mass is 326 g/mol. The van der Waals surface area contributed by atoms with Crippen molar-refractivity contribution in [2.45, 2.75) is 18.9 Å². The average molecular weight is 327 g/mol. The highest BCUT2D eigenvalue weighted by Crippen LogP contribution is 2.41. The lowest BCUT2D eigenvalue weighted by Crippen LogP contribution is -2.16. The predicted octanol–water partition coefficient (Wildman–Crippen LogP) is 2.95. The molecule has 1 aromatic rings. The Balaban J connectivity index is 1.92. The first kappa shape index (κ1) is 12.8. The molecule has 0 spiro atoms. The average Bonchev–Trinajstić information content (AvgIpc) is 2.47. The zero-order valence-corrected chi connectivity index (χ0v) is 12.0. The molecule has 1 aromatic carbocycles. The van der Waals surface area contributed by atoms with Crippen LogP contribution in [-0.2, 0) is 4.74 Å². The van der Waals surface area contributed by atoms with Gasteiger partial charge >= 0.3 is 0 Å². The fourth-order valence-corrected chi connectivity index (χ4v) is 2.86. The predicted molar refractivity (Wildman–Crippen MR) is 73.4 cm³/mol. The molecule has 0 bridgehead atoms.